The molecule has 0 aliphatic carbocycles. The highest BCUT2D eigenvalue weighted by Crippen LogP contribution is 2.36. The van der Waals surface area contributed by atoms with Crippen LogP contribution in [0.5, 0.6) is 5.75 Å². The minimum absolute atomic E-state index is 0.0630. The molecule has 0 radical (unpaired) electrons. The third-order valence-electron chi connectivity index (χ3n) is 3.24. The maximum absolute atomic E-state index is 6.23. The molecule has 4 nitrogen and oxygen atoms in total. The van der Waals surface area contributed by atoms with Crippen LogP contribution in [0.2, 0.25) is 0 Å². The van der Waals surface area contributed by atoms with Crippen LogP contribution in [0.4, 0.5) is 5.82 Å². The molecule has 2 aromatic rings. The minimum atomic E-state index is -0.0630. The Kier molecular flexibility index (Phi) is 3.82. The Balaban J connectivity index is 2.65. The Morgan fingerprint density at radius 1 is 1.30 bits per heavy atom. The van der Waals surface area contributed by atoms with Gasteiger partial charge in [0, 0.05) is 22.5 Å². The number of hydrogen-bond donors (Lipinski definition) is 1. The number of hydrogen-bond acceptors (Lipinski definition) is 3. The molecule has 1 aromatic carbocycles. The van der Waals surface area contributed by atoms with Crippen molar-refractivity contribution in [2.45, 2.75) is 26.2 Å². The molecule has 0 spiro atoms. The molecule has 0 saturated carbocycles. The summed E-state index contributed by atoms with van der Waals surface area (Å²) in [5.74, 6) is 2.40. The quantitative estimate of drug-likeness (QED) is 0.908. The number of nitrogens with two attached hydrogens (primary N) is 1. The normalized spacial score (nSPS) is 11.7. The zero-order chi connectivity index (χ0) is 15.1. The van der Waals surface area contributed by atoms with Crippen LogP contribution in [-0.4, -0.2) is 16.7 Å². The first-order chi connectivity index (χ1) is 9.25. The van der Waals surface area contributed by atoms with E-state index >= 15 is 0 Å². The Bertz CT molecular complexity index is 641. The van der Waals surface area contributed by atoms with E-state index in [-0.39, 0.29) is 5.41 Å². The van der Waals surface area contributed by atoms with Crippen molar-refractivity contribution in [3.63, 3.8) is 0 Å². The van der Waals surface area contributed by atoms with Crippen molar-refractivity contribution < 1.29 is 4.74 Å². The van der Waals surface area contributed by atoms with Gasteiger partial charge in [0.1, 0.15) is 23.1 Å². The van der Waals surface area contributed by atoms with Gasteiger partial charge in [-0.2, -0.15) is 0 Å². The number of methoxy groups -OCH3 is 1. The number of nitrogens with zero attached hydrogens (tertiary/aromatic N) is 2. The molecule has 1 aromatic heterocycles. The lowest BCUT2D eigenvalue weighted by Crippen LogP contribution is -2.17. The number of ether oxygens (including phenoxy) is 1. The summed E-state index contributed by atoms with van der Waals surface area (Å²) in [6.07, 6.45) is 0. The summed E-state index contributed by atoms with van der Waals surface area (Å²) < 4.78 is 8.17. The van der Waals surface area contributed by atoms with E-state index in [1.165, 1.54) is 0 Å². The second-order valence-electron chi connectivity index (χ2n) is 5.82. The predicted octanol–water partition coefficient (Wildman–Crippen LogP) is 3.74. The molecule has 0 saturated heterocycles. The fourth-order valence-corrected chi connectivity index (χ4v) is 2.63. The first kappa shape index (κ1) is 14.9. The number of aromatic nitrogens is 2. The minimum Gasteiger partial charge on any atom is -0.497 e. The van der Waals surface area contributed by atoms with Crippen LogP contribution in [0.3, 0.4) is 0 Å². The van der Waals surface area contributed by atoms with Gasteiger partial charge in [-0.15, -0.1) is 0 Å². The first-order valence-corrected chi connectivity index (χ1v) is 7.21. The highest BCUT2D eigenvalue weighted by atomic mass is 79.9. The zero-order valence-corrected chi connectivity index (χ0v) is 14.1. The molecule has 1 heterocycles. The smallest absolute Gasteiger partial charge is 0.131 e. The lowest BCUT2D eigenvalue weighted by Gasteiger charge is -2.17. The first-order valence-electron chi connectivity index (χ1n) is 6.42. The summed E-state index contributed by atoms with van der Waals surface area (Å²) in [6.45, 7) is 6.37. The Morgan fingerprint density at radius 3 is 2.45 bits per heavy atom. The highest BCUT2D eigenvalue weighted by molar-refractivity contribution is 9.10. The summed E-state index contributed by atoms with van der Waals surface area (Å²) >= 11 is 3.55. The maximum atomic E-state index is 6.23. The Morgan fingerprint density at radius 2 is 1.95 bits per heavy atom. The number of anilines is 1. The van der Waals surface area contributed by atoms with Crippen LogP contribution in [0, 0.1) is 0 Å². The highest BCUT2D eigenvalue weighted by Gasteiger charge is 2.24. The van der Waals surface area contributed by atoms with Gasteiger partial charge in [-0.05, 0) is 18.2 Å². The number of imidazole rings is 1. The lowest BCUT2D eigenvalue weighted by atomic mass is 9.96. The third-order valence-corrected chi connectivity index (χ3v) is 3.93. The van der Waals surface area contributed by atoms with Crippen molar-refractivity contribution in [2.24, 2.45) is 7.05 Å². The SMILES string of the molecule is COc1ccc(Br)c(-c2nc(C(C)(C)C)n(C)c2N)c1. The number of benzene rings is 1. The Hall–Kier alpha value is -1.49. The molecule has 0 amide bonds. The number of halogens is 1. The fraction of sp³-hybridized carbons (Fsp3) is 0.400. The average Bonchev–Trinajstić information content (AvgIpc) is 2.67. The van der Waals surface area contributed by atoms with Gasteiger partial charge in [-0.25, -0.2) is 4.98 Å². The molecule has 108 valence electrons. The maximum Gasteiger partial charge on any atom is 0.131 e. The van der Waals surface area contributed by atoms with Gasteiger partial charge in [-0.1, -0.05) is 36.7 Å². The summed E-state index contributed by atoms with van der Waals surface area (Å²) in [5.41, 5.74) is 7.89. The third kappa shape index (κ3) is 2.54. The van der Waals surface area contributed by atoms with Gasteiger partial charge in [0.05, 0.1) is 7.11 Å². The molecule has 2 rings (SSSR count). The van der Waals surface area contributed by atoms with Gasteiger partial charge in [0.25, 0.3) is 0 Å². The van der Waals surface area contributed by atoms with E-state index in [1.54, 1.807) is 7.11 Å². The summed E-state index contributed by atoms with van der Waals surface area (Å²) in [4.78, 5) is 4.74. The molecule has 0 aliphatic heterocycles. The molecule has 0 atom stereocenters. The van der Waals surface area contributed by atoms with E-state index in [1.807, 2.05) is 29.8 Å². The van der Waals surface area contributed by atoms with Crippen molar-refractivity contribution in [1.29, 1.82) is 0 Å². The van der Waals surface area contributed by atoms with E-state index in [0.717, 1.165) is 27.3 Å². The van der Waals surface area contributed by atoms with Crippen LogP contribution >= 0.6 is 15.9 Å². The van der Waals surface area contributed by atoms with E-state index in [9.17, 15) is 0 Å². The van der Waals surface area contributed by atoms with Crippen LogP contribution in [0.15, 0.2) is 22.7 Å². The van der Waals surface area contributed by atoms with Gasteiger partial charge >= 0.3 is 0 Å². The van der Waals surface area contributed by atoms with Crippen molar-refractivity contribution in [2.75, 3.05) is 12.8 Å². The predicted molar refractivity (Wildman–Crippen MR) is 86.0 cm³/mol. The van der Waals surface area contributed by atoms with Crippen molar-refractivity contribution >= 4 is 21.7 Å². The van der Waals surface area contributed by atoms with Gasteiger partial charge in [0.2, 0.25) is 0 Å². The fourth-order valence-electron chi connectivity index (χ4n) is 2.19. The van der Waals surface area contributed by atoms with E-state index < -0.39 is 0 Å². The van der Waals surface area contributed by atoms with Crippen LogP contribution in [-0.2, 0) is 12.5 Å². The second-order valence-corrected chi connectivity index (χ2v) is 6.68. The molecular weight excluding hydrogens is 318 g/mol. The zero-order valence-electron chi connectivity index (χ0n) is 12.5. The van der Waals surface area contributed by atoms with E-state index in [2.05, 4.69) is 36.7 Å². The topological polar surface area (TPSA) is 53.1 Å². The molecular formula is C15H20BrN3O. The van der Waals surface area contributed by atoms with E-state index in [4.69, 9.17) is 15.5 Å². The molecule has 0 aliphatic rings. The second kappa shape index (κ2) is 5.13. The van der Waals surface area contributed by atoms with Crippen molar-refractivity contribution in [3.8, 4) is 17.0 Å². The Labute approximate surface area is 128 Å². The largest absolute Gasteiger partial charge is 0.497 e. The molecule has 2 N–H and O–H groups in total. The van der Waals surface area contributed by atoms with Crippen molar-refractivity contribution in [3.05, 3.63) is 28.5 Å². The van der Waals surface area contributed by atoms with E-state index in [0.29, 0.717) is 5.82 Å². The monoisotopic (exact) mass is 337 g/mol. The van der Waals surface area contributed by atoms with Crippen LogP contribution in [0.1, 0.15) is 26.6 Å². The molecule has 5 heteroatoms. The average molecular weight is 338 g/mol. The molecule has 0 fully saturated rings. The lowest BCUT2D eigenvalue weighted by molar-refractivity contribution is 0.415. The molecule has 0 unspecified atom stereocenters. The van der Waals surface area contributed by atoms with Crippen LogP contribution < -0.4 is 10.5 Å². The summed E-state index contributed by atoms with van der Waals surface area (Å²) in [5, 5.41) is 0. The number of nitrogen functional groups attached to an aromatic ring is 1. The number of rotatable bonds is 2. The summed E-state index contributed by atoms with van der Waals surface area (Å²) in [6, 6.07) is 5.78. The molecule has 0 bridgehead atoms. The standard InChI is InChI=1S/C15H20BrN3O/c1-15(2,3)14-18-12(13(17)19(14)4)10-8-9(20-5)6-7-11(10)16/h6-8H,17H2,1-5H3. The van der Waals surface area contributed by atoms with Gasteiger partial charge in [-0.3, -0.25) is 0 Å². The van der Waals surface area contributed by atoms with Gasteiger partial charge < -0.3 is 15.0 Å². The van der Waals surface area contributed by atoms with Gasteiger partial charge in [0.15, 0.2) is 0 Å². The molecule has 20 heavy (non-hydrogen) atoms. The summed E-state index contributed by atoms with van der Waals surface area (Å²) in [7, 11) is 3.59. The van der Waals surface area contributed by atoms with Crippen LogP contribution in [0.25, 0.3) is 11.3 Å². The van der Waals surface area contributed by atoms with Crippen molar-refractivity contribution in [1.82, 2.24) is 9.55 Å².